The lowest BCUT2D eigenvalue weighted by atomic mass is 9.92. The van der Waals surface area contributed by atoms with Gasteiger partial charge < -0.3 is 14.5 Å². The van der Waals surface area contributed by atoms with E-state index >= 15 is 0 Å². The van der Waals surface area contributed by atoms with Gasteiger partial charge in [-0.15, -0.1) is 0 Å². The number of ether oxygens (including phenoxy) is 2. The average Bonchev–Trinajstić information content (AvgIpc) is 3.52. The molecule has 3 aromatic carbocycles. The topological polar surface area (TPSA) is 96.2 Å². The number of nitrogens with one attached hydrogen (secondary N) is 2. The summed E-state index contributed by atoms with van der Waals surface area (Å²) in [7, 11) is 0. The molecule has 8 nitrogen and oxygen atoms in total. The molecule has 0 radical (unpaired) electrons. The van der Waals surface area contributed by atoms with Crippen LogP contribution in [0.25, 0.3) is 10.9 Å². The van der Waals surface area contributed by atoms with Crippen LogP contribution in [0.4, 0.5) is 4.79 Å². The number of amides is 1. The molecule has 1 atom stereocenters. The molecule has 1 amide bonds. The highest BCUT2D eigenvalue weighted by Gasteiger charge is 2.35. The fraction of sp³-hybridized carbons (Fsp3) is 0.179. The van der Waals surface area contributed by atoms with Gasteiger partial charge in [-0.25, -0.2) is 9.48 Å². The van der Waals surface area contributed by atoms with Crippen molar-refractivity contribution in [2.75, 3.05) is 13.2 Å². The van der Waals surface area contributed by atoms with Crippen LogP contribution in [0.15, 0.2) is 72.2 Å². The van der Waals surface area contributed by atoms with Gasteiger partial charge in [0, 0.05) is 33.2 Å². The molecule has 0 saturated heterocycles. The van der Waals surface area contributed by atoms with Gasteiger partial charge in [-0.05, 0) is 72.1 Å². The standard InChI is InChI=1S/C28H23Cl2N5O3S/c29-18-3-8-21(9-4-18)38-28(36)34-12-11-22-23-15-19(30)5-10-24(23)33-25(22)26(34)17-1-6-20(7-2-17)37-14-13-35-27(31)39-16-32-35/h1-10,15-16,26,31,33H,11-14H2. The van der Waals surface area contributed by atoms with Gasteiger partial charge in [-0.3, -0.25) is 10.3 Å². The predicted molar refractivity (Wildman–Crippen MR) is 151 cm³/mol. The van der Waals surface area contributed by atoms with E-state index < -0.39 is 12.1 Å². The minimum absolute atomic E-state index is 0.382. The van der Waals surface area contributed by atoms with Crippen molar-refractivity contribution in [3.05, 3.63) is 104 Å². The van der Waals surface area contributed by atoms with E-state index in [1.165, 1.54) is 11.3 Å². The first kappa shape index (κ1) is 25.5. The van der Waals surface area contributed by atoms with Crippen LogP contribution in [0, 0.1) is 5.41 Å². The van der Waals surface area contributed by atoms with E-state index in [1.807, 2.05) is 42.5 Å². The fourth-order valence-electron chi connectivity index (χ4n) is 4.87. The van der Waals surface area contributed by atoms with Crippen molar-refractivity contribution in [2.24, 2.45) is 0 Å². The lowest BCUT2D eigenvalue weighted by molar-refractivity contribution is 0.135. The number of benzene rings is 3. The van der Waals surface area contributed by atoms with E-state index in [1.54, 1.807) is 39.4 Å². The first-order valence-corrected chi connectivity index (χ1v) is 13.9. The summed E-state index contributed by atoms with van der Waals surface area (Å²) in [6.45, 7) is 1.34. The Hall–Kier alpha value is -3.79. The molecule has 0 fully saturated rings. The third-order valence-electron chi connectivity index (χ3n) is 6.70. The number of fused-ring (bicyclic) bond motifs is 3. The first-order valence-electron chi connectivity index (χ1n) is 12.3. The lowest BCUT2D eigenvalue weighted by Gasteiger charge is -2.35. The monoisotopic (exact) mass is 579 g/mol. The Kier molecular flexibility index (Phi) is 7.03. The number of aromatic amines is 1. The Labute approximate surface area is 237 Å². The van der Waals surface area contributed by atoms with E-state index in [0.29, 0.717) is 52.5 Å². The van der Waals surface area contributed by atoms with Crippen LogP contribution >= 0.6 is 34.5 Å². The molecule has 0 bridgehead atoms. The largest absolute Gasteiger partial charge is 0.492 e. The first-order chi connectivity index (χ1) is 19.0. The zero-order valence-corrected chi connectivity index (χ0v) is 22.9. The van der Waals surface area contributed by atoms with Crippen molar-refractivity contribution in [2.45, 2.75) is 19.0 Å². The minimum atomic E-state index is -0.448. The number of hydrogen-bond donors (Lipinski definition) is 2. The molecule has 1 aliphatic heterocycles. The molecular formula is C28H23Cl2N5O3S. The quantitative estimate of drug-likeness (QED) is 0.242. The van der Waals surface area contributed by atoms with Crippen molar-refractivity contribution in [1.82, 2.24) is 19.7 Å². The number of aromatic nitrogens is 3. The summed E-state index contributed by atoms with van der Waals surface area (Å²) in [5.41, 5.74) is 5.59. The van der Waals surface area contributed by atoms with Crippen molar-refractivity contribution in [3.63, 3.8) is 0 Å². The molecule has 198 valence electrons. The Balaban J connectivity index is 1.29. The van der Waals surface area contributed by atoms with Crippen molar-refractivity contribution in [3.8, 4) is 11.5 Å². The molecule has 0 aliphatic carbocycles. The molecule has 2 N–H and O–H groups in total. The highest BCUT2D eigenvalue weighted by Crippen LogP contribution is 2.40. The summed E-state index contributed by atoms with van der Waals surface area (Å²) in [4.78, 5) is 19.1. The number of carbonyl (C=O) groups excluding carboxylic acids is 1. The van der Waals surface area contributed by atoms with Crippen LogP contribution in [-0.2, 0) is 13.0 Å². The molecule has 0 saturated carbocycles. The SMILES string of the molecule is N=c1scnn1CCOc1ccc(C2c3[nH]c4ccc(Cl)cc4c3CCN2C(=O)Oc2ccc(Cl)cc2)cc1. The highest BCUT2D eigenvalue weighted by molar-refractivity contribution is 7.06. The Morgan fingerprint density at radius 3 is 2.54 bits per heavy atom. The Morgan fingerprint density at radius 2 is 1.79 bits per heavy atom. The lowest BCUT2D eigenvalue weighted by Crippen LogP contribution is -2.42. The summed E-state index contributed by atoms with van der Waals surface area (Å²) in [5.74, 6) is 1.12. The molecule has 1 unspecified atom stereocenters. The normalized spacial score (nSPS) is 14.8. The molecular weight excluding hydrogens is 557 g/mol. The summed E-state index contributed by atoms with van der Waals surface area (Å²) in [5, 5.41) is 14.2. The number of rotatable bonds is 6. The minimum Gasteiger partial charge on any atom is -0.492 e. The van der Waals surface area contributed by atoms with Gasteiger partial charge in [0.1, 0.15) is 29.7 Å². The molecule has 1 aliphatic rings. The Bertz CT molecular complexity index is 1700. The summed E-state index contributed by atoms with van der Waals surface area (Å²) >= 11 is 13.6. The highest BCUT2D eigenvalue weighted by atomic mass is 35.5. The second-order valence-corrected chi connectivity index (χ2v) is 10.8. The molecule has 6 rings (SSSR count). The molecule has 11 heteroatoms. The van der Waals surface area contributed by atoms with E-state index in [9.17, 15) is 4.79 Å². The molecule has 5 aromatic rings. The van der Waals surface area contributed by atoms with Gasteiger partial charge in [-0.2, -0.15) is 5.10 Å². The van der Waals surface area contributed by atoms with Crippen LogP contribution in [-0.4, -0.2) is 38.9 Å². The maximum atomic E-state index is 13.5. The van der Waals surface area contributed by atoms with Crippen molar-refractivity contribution in [1.29, 1.82) is 5.41 Å². The molecule has 3 heterocycles. The molecule has 2 aromatic heterocycles. The number of carbonyl (C=O) groups is 1. The van der Waals surface area contributed by atoms with Gasteiger partial charge in [0.25, 0.3) is 0 Å². The van der Waals surface area contributed by atoms with Gasteiger partial charge in [0.05, 0.1) is 6.54 Å². The third kappa shape index (κ3) is 5.25. The zero-order chi connectivity index (χ0) is 26.9. The number of nitrogens with zero attached hydrogens (tertiary/aromatic N) is 3. The van der Waals surface area contributed by atoms with Crippen LogP contribution in [0.1, 0.15) is 22.9 Å². The van der Waals surface area contributed by atoms with Crippen molar-refractivity contribution >= 4 is 51.5 Å². The third-order valence-corrected chi connectivity index (χ3v) is 7.82. The molecule has 0 spiro atoms. The van der Waals surface area contributed by atoms with Gasteiger partial charge in [-0.1, -0.05) is 46.7 Å². The smallest absolute Gasteiger partial charge is 0.416 e. The maximum Gasteiger partial charge on any atom is 0.416 e. The van der Waals surface area contributed by atoms with Gasteiger partial charge in [0.2, 0.25) is 0 Å². The summed E-state index contributed by atoms with van der Waals surface area (Å²) in [6, 6.07) is 19.8. The maximum absolute atomic E-state index is 13.5. The second kappa shape index (κ2) is 10.8. The van der Waals surface area contributed by atoms with Crippen LogP contribution in [0.3, 0.4) is 0 Å². The summed E-state index contributed by atoms with van der Waals surface area (Å²) in [6.07, 6.45) is 0.214. The number of hydrogen-bond acceptors (Lipinski definition) is 6. The van der Waals surface area contributed by atoms with Crippen LogP contribution in [0.5, 0.6) is 11.5 Å². The van der Waals surface area contributed by atoms with Crippen LogP contribution in [0.2, 0.25) is 10.0 Å². The van der Waals surface area contributed by atoms with E-state index in [-0.39, 0.29) is 0 Å². The summed E-state index contributed by atoms with van der Waals surface area (Å²) < 4.78 is 13.2. The zero-order valence-electron chi connectivity index (χ0n) is 20.6. The predicted octanol–water partition coefficient (Wildman–Crippen LogP) is 6.44. The Morgan fingerprint density at radius 1 is 1.05 bits per heavy atom. The average molecular weight is 580 g/mol. The van der Waals surface area contributed by atoms with E-state index in [0.717, 1.165) is 27.7 Å². The molecule has 39 heavy (non-hydrogen) atoms. The van der Waals surface area contributed by atoms with Gasteiger partial charge in [0.15, 0.2) is 4.80 Å². The fourth-order valence-corrected chi connectivity index (χ4v) is 5.68. The van der Waals surface area contributed by atoms with Crippen LogP contribution < -0.4 is 14.3 Å². The van der Waals surface area contributed by atoms with Gasteiger partial charge >= 0.3 is 6.09 Å². The van der Waals surface area contributed by atoms with Crippen molar-refractivity contribution < 1.29 is 14.3 Å². The number of H-pyrrole nitrogens is 1. The van der Waals surface area contributed by atoms with E-state index in [2.05, 4.69) is 10.1 Å². The second-order valence-electron chi connectivity index (χ2n) is 9.06. The van der Waals surface area contributed by atoms with E-state index in [4.69, 9.17) is 38.1 Å². The number of halogens is 2.